The van der Waals surface area contributed by atoms with Crippen LogP contribution in [0.1, 0.15) is 18.9 Å². The molecule has 0 amide bonds. The Morgan fingerprint density at radius 2 is 1.88 bits per heavy atom. The molecule has 0 atom stereocenters. The Morgan fingerprint density at radius 1 is 1.12 bits per heavy atom. The zero-order chi connectivity index (χ0) is 11.4. The number of rotatable bonds is 4. The normalized spacial score (nSPS) is 10.3. The van der Waals surface area contributed by atoms with E-state index in [4.69, 9.17) is 0 Å². The van der Waals surface area contributed by atoms with E-state index in [-0.39, 0.29) is 0 Å². The van der Waals surface area contributed by atoms with Gasteiger partial charge >= 0.3 is 0 Å². The molecule has 0 aliphatic rings. The van der Waals surface area contributed by atoms with Crippen molar-refractivity contribution in [2.24, 2.45) is 0 Å². The van der Waals surface area contributed by atoms with Crippen molar-refractivity contribution in [3.63, 3.8) is 0 Å². The third-order valence-electron chi connectivity index (χ3n) is 2.70. The molecule has 0 aromatic heterocycles. The average Bonchev–Trinajstić information content (AvgIpc) is 2.35. The van der Waals surface area contributed by atoms with Gasteiger partial charge in [0.15, 0.2) is 0 Å². The van der Waals surface area contributed by atoms with Crippen molar-refractivity contribution in [3.8, 4) is 0 Å². The molecule has 0 aliphatic heterocycles. The first-order valence-corrected chi connectivity index (χ1v) is 5.74. The van der Waals surface area contributed by atoms with Gasteiger partial charge in [0.25, 0.3) is 0 Å². The standard InChI is InChI=1S/C15H17N/c1-3-11-16-12(2)14-10-6-8-13-7-4-5-9-15(13)14/h4-10,16H,2-3,11H2,1H3. The van der Waals surface area contributed by atoms with Crippen molar-refractivity contribution in [1.29, 1.82) is 0 Å². The minimum atomic E-state index is 0.974. The molecule has 0 radical (unpaired) electrons. The smallest absolute Gasteiger partial charge is 0.0347 e. The van der Waals surface area contributed by atoms with Crippen LogP contribution in [0.15, 0.2) is 49.0 Å². The maximum atomic E-state index is 4.10. The molecule has 1 nitrogen and oxygen atoms in total. The molecular formula is C15H17N. The van der Waals surface area contributed by atoms with Gasteiger partial charge in [0.1, 0.15) is 0 Å². The van der Waals surface area contributed by atoms with Crippen LogP contribution in [-0.2, 0) is 0 Å². The quantitative estimate of drug-likeness (QED) is 0.811. The molecule has 0 fully saturated rings. The Balaban J connectivity index is 2.40. The molecule has 0 saturated carbocycles. The molecule has 0 bridgehead atoms. The Hall–Kier alpha value is -1.76. The van der Waals surface area contributed by atoms with E-state index in [9.17, 15) is 0 Å². The molecule has 1 heteroatoms. The summed E-state index contributed by atoms with van der Waals surface area (Å²) in [6, 6.07) is 14.7. The first kappa shape index (κ1) is 10.7. The fourth-order valence-corrected chi connectivity index (χ4v) is 1.86. The second kappa shape index (κ2) is 4.84. The SMILES string of the molecule is C=C(NCCC)c1cccc2ccccc12. The van der Waals surface area contributed by atoms with Gasteiger partial charge in [0, 0.05) is 17.8 Å². The lowest BCUT2D eigenvalue weighted by Crippen LogP contribution is -2.12. The van der Waals surface area contributed by atoms with Gasteiger partial charge in [0.2, 0.25) is 0 Å². The van der Waals surface area contributed by atoms with E-state index in [1.165, 1.54) is 16.3 Å². The van der Waals surface area contributed by atoms with Crippen LogP contribution in [0.2, 0.25) is 0 Å². The van der Waals surface area contributed by atoms with Crippen LogP contribution in [0.5, 0.6) is 0 Å². The van der Waals surface area contributed by atoms with Crippen LogP contribution < -0.4 is 5.32 Å². The van der Waals surface area contributed by atoms with Crippen LogP contribution in [0.4, 0.5) is 0 Å². The third kappa shape index (κ3) is 2.08. The highest BCUT2D eigenvalue weighted by molar-refractivity contribution is 5.93. The molecule has 2 aromatic carbocycles. The van der Waals surface area contributed by atoms with E-state index in [1.54, 1.807) is 0 Å². The van der Waals surface area contributed by atoms with Crippen molar-refractivity contribution in [1.82, 2.24) is 5.32 Å². The Kier molecular flexibility index (Phi) is 3.25. The van der Waals surface area contributed by atoms with Gasteiger partial charge in [-0.1, -0.05) is 56.0 Å². The van der Waals surface area contributed by atoms with Crippen molar-refractivity contribution in [2.45, 2.75) is 13.3 Å². The fourth-order valence-electron chi connectivity index (χ4n) is 1.86. The molecule has 82 valence electrons. The van der Waals surface area contributed by atoms with E-state index in [2.05, 4.69) is 61.3 Å². The van der Waals surface area contributed by atoms with Gasteiger partial charge < -0.3 is 5.32 Å². The van der Waals surface area contributed by atoms with Gasteiger partial charge in [-0.25, -0.2) is 0 Å². The first-order valence-electron chi connectivity index (χ1n) is 5.74. The summed E-state index contributed by atoms with van der Waals surface area (Å²) in [6.07, 6.45) is 1.11. The van der Waals surface area contributed by atoms with Gasteiger partial charge in [-0.2, -0.15) is 0 Å². The van der Waals surface area contributed by atoms with Crippen LogP contribution in [0, 0.1) is 0 Å². The van der Waals surface area contributed by atoms with Gasteiger partial charge in [-0.3, -0.25) is 0 Å². The van der Waals surface area contributed by atoms with Gasteiger partial charge in [-0.15, -0.1) is 0 Å². The molecular weight excluding hydrogens is 194 g/mol. The van der Waals surface area contributed by atoms with Crippen LogP contribution in [-0.4, -0.2) is 6.54 Å². The highest BCUT2D eigenvalue weighted by atomic mass is 14.9. The lowest BCUT2D eigenvalue weighted by atomic mass is 10.0. The largest absolute Gasteiger partial charge is 0.385 e. The molecule has 16 heavy (non-hydrogen) atoms. The van der Waals surface area contributed by atoms with E-state index in [0.29, 0.717) is 0 Å². The summed E-state index contributed by atoms with van der Waals surface area (Å²) in [5.41, 5.74) is 2.21. The van der Waals surface area contributed by atoms with Crippen molar-refractivity contribution in [2.75, 3.05) is 6.54 Å². The van der Waals surface area contributed by atoms with Crippen LogP contribution >= 0.6 is 0 Å². The summed E-state index contributed by atoms with van der Waals surface area (Å²) >= 11 is 0. The minimum Gasteiger partial charge on any atom is -0.385 e. The maximum Gasteiger partial charge on any atom is 0.0347 e. The molecule has 2 aromatic rings. The van der Waals surface area contributed by atoms with Gasteiger partial charge in [-0.05, 0) is 17.2 Å². The van der Waals surface area contributed by atoms with E-state index >= 15 is 0 Å². The highest BCUT2D eigenvalue weighted by Gasteiger charge is 2.02. The Bertz CT molecular complexity index is 494. The number of nitrogens with one attached hydrogen (secondary N) is 1. The Morgan fingerprint density at radius 3 is 2.69 bits per heavy atom. The summed E-state index contributed by atoms with van der Waals surface area (Å²) in [6.45, 7) is 7.23. The Labute approximate surface area is 96.8 Å². The van der Waals surface area contributed by atoms with E-state index in [1.807, 2.05) is 0 Å². The first-order chi connectivity index (χ1) is 7.83. The van der Waals surface area contributed by atoms with Crippen LogP contribution in [0.25, 0.3) is 16.5 Å². The number of hydrogen-bond donors (Lipinski definition) is 1. The predicted octanol–water partition coefficient (Wildman–Crippen LogP) is 3.81. The van der Waals surface area contributed by atoms with E-state index < -0.39 is 0 Å². The lowest BCUT2D eigenvalue weighted by Gasteiger charge is -2.11. The van der Waals surface area contributed by atoms with Crippen LogP contribution in [0.3, 0.4) is 0 Å². The minimum absolute atomic E-state index is 0.974. The summed E-state index contributed by atoms with van der Waals surface area (Å²) in [5.74, 6) is 0. The molecule has 0 unspecified atom stereocenters. The zero-order valence-electron chi connectivity index (χ0n) is 9.66. The monoisotopic (exact) mass is 211 g/mol. The second-order valence-electron chi connectivity index (χ2n) is 3.93. The van der Waals surface area contributed by atoms with Gasteiger partial charge in [0.05, 0.1) is 0 Å². The average molecular weight is 211 g/mol. The summed E-state index contributed by atoms with van der Waals surface area (Å²) in [4.78, 5) is 0. The molecule has 0 aliphatic carbocycles. The summed E-state index contributed by atoms with van der Waals surface area (Å²) in [5, 5.41) is 5.87. The molecule has 0 heterocycles. The molecule has 0 spiro atoms. The third-order valence-corrected chi connectivity index (χ3v) is 2.70. The number of hydrogen-bond acceptors (Lipinski definition) is 1. The van der Waals surface area contributed by atoms with Crippen molar-refractivity contribution < 1.29 is 0 Å². The maximum absolute atomic E-state index is 4.10. The topological polar surface area (TPSA) is 12.0 Å². The number of benzene rings is 2. The fraction of sp³-hybridized carbons (Fsp3) is 0.200. The predicted molar refractivity (Wildman–Crippen MR) is 71.3 cm³/mol. The summed E-state index contributed by atoms with van der Waals surface area (Å²) < 4.78 is 0. The van der Waals surface area contributed by atoms with Crippen molar-refractivity contribution >= 4 is 16.5 Å². The number of fused-ring (bicyclic) bond motifs is 1. The van der Waals surface area contributed by atoms with E-state index in [0.717, 1.165) is 18.7 Å². The molecule has 1 N–H and O–H groups in total. The lowest BCUT2D eigenvalue weighted by molar-refractivity contribution is 0.825. The highest BCUT2D eigenvalue weighted by Crippen LogP contribution is 2.22. The molecule has 2 rings (SSSR count). The molecule has 0 saturated heterocycles. The second-order valence-corrected chi connectivity index (χ2v) is 3.93. The zero-order valence-corrected chi connectivity index (χ0v) is 9.66. The van der Waals surface area contributed by atoms with Crippen molar-refractivity contribution in [3.05, 3.63) is 54.6 Å². The summed E-state index contributed by atoms with van der Waals surface area (Å²) in [7, 11) is 0.